The van der Waals surface area contributed by atoms with Crippen LogP contribution in [0.1, 0.15) is 13.3 Å². The summed E-state index contributed by atoms with van der Waals surface area (Å²) in [7, 11) is 0. The van der Waals surface area contributed by atoms with Crippen molar-refractivity contribution in [1.82, 2.24) is 0 Å². The average molecular weight is 243 g/mol. The fraction of sp³-hybridized carbons (Fsp3) is 0.417. The molecular formula is C12H15ClO3. The average Bonchev–Trinajstić information content (AvgIpc) is 2.31. The normalized spacial score (nSPS) is 9.88. The van der Waals surface area contributed by atoms with E-state index in [4.69, 9.17) is 21.1 Å². The van der Waals surface area contributed by atoms with E-state index >= 15 is 0 Å². The van der Waals surface area contributed by atoms with Crippen LogP contribution in [0.15, 0.2) is 24.3 Å². The number of halogens is 1. The summed E-state index contributed by atoms with van der Waals surface area (Å²) in [6.07, 6.45) is 0.323. The third-order valence-corrected chi connectivity index (χ3v) is 2.23. The highest BCUT2D eigenvalue weighted by atomic mass is 35.5. The minimum Gasteiger partial charge on any atom is -0.490 e. The maximum absolute atomic E-state index is 11.0. The maximum atomic E-state index is 11.0. The van der Waals surface area contributed by atoms with Crippen LogP contribution in [0.5, 0.6) is 11.5 Å². The predicted molar refractivity (Wildman–Crippen MR) is 63.5 cm³/mol. The van der Waals surface area contributed by atoms with Crippen LogP contribution in [0, 0.1) is 0 Å². The van der Waals surface area contributed by atoms with Crippen molar-refractivity contribution in [3.63, 3.8) is 0 Å². The van der Waals surface area contributed by atoms with E-state index in [-0.39, 0.29) is 11.7 Å². The monoisotopic (exact) mass is 242 g/mol. The van der Waals surface area contributed by atoms with Crippen LogP contribution in [-0.4, -0.2) is 24.9 Å². The Morgan fingerprint density at radius 2 is 1.88 bits per heavy atom. The molecule has 0 atom stereocenters. The number of carbonyl (C=O) groups excluding carboxylic acids is 1. The van der Waals surface area contributed by atoms with Crippen LogP contribution in [0.25, 0.3) is 0 Å². The van der Waals surface area contributed by atoms with Gasteiger partial charge in [-0.3, -0.25) is 4.79 Å². The molecule has 3 nitrogen and oxygen atoms in total. The molecule has 0 spiro atoms. The quantitative estimate of drug-likeness (QED) is 0.690. The van der Waals surface area contributed by atoms with E-state index in [1.165, 1.54) is 0 Å². The molecule has 0 N–H and O–H groups in total. The van der Waals surface area contributed by atoms with E-state index in [2.05, 4.69) is 0 Å². The number of ether oxygens (including phenoxy) is 2. The lowest BCUT2D eigenvalue weighted by molar-refractivity contribution is -0.117. The summed E-state index contributed by atoms with van der Waals surface area (Å²) in [4.78, 5) is 11.0. The van der Waals surface area contributed by atoms with Crippen molar-refractivity contribution in [2.75, 3.05) is 19.1 Å². The first-order valence-corrected chi connectivity index (χ1v) is 5.73. The van der Waals surface area contributed by atoms with Crippen molar-refractivity contribution in [3.05, 3.63) is 24.3 Å². The molecule has 0 aliphatic rings. The molecule has 0 aliphatic carbocycles. The molecular weight excluding hydrogens is 228 g/mol. The minimum atomic E-state index is -0.0180. The molecule has 0 unspecified atom stereocenters. The number of rotatable bonds is 7. The Bertz CT molecular complexity index is 339. The van der Waals surface area contributed by atoms with Gasteiger partial charge in [0.25, 0.3) is 0 Å². The SMILES string of the molecule is CCOc1ccccc1OCCC(=O)CCl. The molecule has 16 heavy (non-hydrogen) atoms. The highest BCUT2D eigenvalue weighted by Gasteiger charge is 2.04. The van der Waals surface area contributed by atoms with Crippen molar-refractivity contribution in [3.8, 4) is 11.5 Å². The fourth-order valence-electron chi connectivity index (χ4n) is 1.19. The summed E-state index contributed by atoms with van der Waals surface area (Å²) < 4.78 is 10.8. The first-order valence-electron chi connectivity index (χ1n) is 5.20. The Kier molecular flexibility index (Phi) is 5.72. The van der Waals surface area contributed by atoms with Gasteiger partial charge in [0.2, 0.25) is 0 Å². The molecule has 1 aromatic rings. The van der Waals surface area contributed by atoms with Crippen LogP contribution >= 0.6 is 11.6 Å². The van der Waals surface area contributed by atoms with Gasteiger partial charge in [-0.15, -0.1) is 11.6 Å². The van der Waals surface area contributed by atoms with Gasteiger partial charge in [-0.25, -0.2) is 0 Å². The van der Waals surface area contributed by atoms with Crippen molar-refractivity contribution in [2.45, 2.75) is 13.3 Å². The highest BCUT2D eigenvalue weighted by Crippen LogP contribution is 2.26. The zero-order chi connectivity index (χ0) is 11.8. The first-order chi connectivity index (χ1) is 7.77. The van der Waals surface area contributed by atoms with Crippen molar-refractivity contribution < 1.29 is 14.3 Å². The summed E-state index contributed by atoms with van der Waals surface area (Å²) in [6.45, 7) is 2.82. The third-order valence-electron chi connectivity index (χ3n) is 1.94. The van der Waals surface area contributed by atoms with Gasteiger partial charge in [0.1, 0.15) is 0 Å². The number of benzene rings is 1. The van der Waals surface area contributed by atoms with Crippen LogP contribution in [-0.2, 0) is 4.79 Å². The second-order valence-electron chi connectivity index (χ2n) is 3.15. The van der Waals surface area contributed by atoms with Crippen LogP contribution in [0.4, 0.5) is 0 Å². The topological polar surface area (TPSA) is 35.5 Å². The van der Waals surface area contributed by atoms with E-state index in [0.29, 0.717) is 31.1 Å². The van der Waals surface area contributed by atoms with Gasteiger partial charge in [0.15, 0.2) is 17.3 Å². The summed E-state index contributed by atoms with van der Waals surface area (Å²) in [5, 5.41) is 0. The largest absolute Gasteiger partial charge is 0.490 e. The number of hydrogen-bond acceptors (Lipinski definition) is 3. The molecule has 4 heteroatoms. The number of carbonyl (C=O) groups is 1. The van der Waals surface area contributed by atoms with E-state index in [1.807, 2.05) is 31.2 Å². The molecule has 0 aliphatic heterocycles. The maximum Gasteiger partial charge on any atom is 0.161 e. The van der Waals surface area contributed by atoms with Crippen molar-refractivity contribution in [1.29, 1.82) is 0 Å². The van der Waals surface area contributed by atoms with Gasteiger partial charge in [0.05, 0.1) is 19.1 Å². The Hall–Kier alpha value is -1.22. The molecule has 0 bridgehead atoms. The summed E-state index contributed by atoms with van der Waals surface area (Å²) in [5.41, 5.74) is 0. The number of ketones is 1. The Morgan fingerprint density at radius 3 is 2.44 bits per heavy atom. The Morgan fingerprint density at radius 1 is 1.25 bits per heavy atom. The van der Waals surface area contributed by atoms with Gasteiger partial charge in [-0.1, -0.05) is 12.1 Å². The summed E-state index contributed by atoms with van der Waals surface area (Å²) >= 11 is 5.38. The second kappa shape index (κ2) is 7.12. The zero-order valence-electron chi connectivity index (χ0n) is 9.24. The summed E-state index contributed by atoms with van der Waals surface area (Å²) in [5.74, 6) is 1.38. The molecule has 0 saturated carbocycles. The fourth-order valence-corrected chi connectivity index (χ4v) is 1.32. The Labute approximate surface area is 100 Å². The smallest absolute Gasteiger partial charge is 0.161 e. The predicted octanol–water partition coefficient (Wildman–Crippen LogP) is 2.66. The first kappa shape index (κ1) is 12.8. The van der Waals surface area contributed by atoms with Gasteiger partial charge in [-0.2, -0.15) is 0 Å². The Balaban J connectivity index is 2.49. The zero-order valence-corrected chi connectivity index (χ0v) is 10.00. The lowest BCUT2D eigenvalue weighted by Gasteiger charge is -2.10. The summed E-state index contributed by atoms with van der Waals surface area (Å²) in [6, 6.07) is 7.39. The number of Topliss-reactive ketones (excluding diaryl/α,β-unsaturated/α-hetero) is 1. The standard InChI is InChI=1S/C12H15ClO3/c1-2-15-11-5-3-4-6-12(11)16-8-7-10(14)9-13/h3-6H,2,7-9H2,1H3. The minimum absolute atomic E-state index is 0.0180. The van der Waals surface area contributed by atoms with Crippen molar-refractivity contribution >= 4 is 17.4 Å². The lowest BCUT2D eigenvalue weighted by Crippen LogP contribution is -2.07. The molecule has 0 radical (unpaired) electrons. The van der Waals surface area contributed by atoms with Crippen LogP contribution in [0.2, 0.25) is 0 Å². The van der Waals surface area contributed by atoms with Gasteiger partial charge >= 0.3 is 0 Å². The third kappa shape index (κ3) is 4.11. The lowest BCUT2D eigenvalue weighted by atomic mass is 10.3. The molecule has 1 aromatic carbocycles. The van der Waals surface area contributed by atoms with E-state index in [9.17, 15) is 4.79 Å². The second-order valence-corrected chi connectivity index (χ2v) is 3.42. The van der Waals surface area contributed by atoms with E-state index in [0.717, 1.165) is 0 Å². The molecule has 0 aromatic heterocycles. The van der Waals surface area contributed by atoms with Gasteiger partial charge < -0.3 is 9.47 Å². The highest BCUT2D eigenvalue weighted by molar-refractivity contribution is 6.27. The molecule has 1 rings (SSSR count). The molecule has 0 fully saturated rings. The molecule has 88 valence electrons. The van der Waals surface area contributed by atoms with Crippen LogP contribution < -0.4 is 9.47 Å². The van der Waals surface area contributed by atoms with Crippen LogP contribution in [0.3, 0.4) is 0 Å². The van der Waals surface area contributed by atoms with Crippen molar-refractivity contribution in [2.24, 2.45) is 0 Å². The van der Waals surface area contributed by atoms with Gasteiger partial charge in [0, 0.05) is 6.42 Å². The number of alkyl halides is 1. The number of hydrogen-bond donors (Lipinski definition) is 0. The molecule has 0 amide bonds. The van der Waals surface area contributed by atoms with E-state index < -0.39 is 0 Å². The number of para-hydroxylation sites is 2. The molecule has 0 saturated heterocycles. The van der Waals surface area contributed by atoms with Gasteiger partial charge in [-0.05, 0) is 19.1 Å². The molecule has 0 heterocycles. The van der Waals surface area contributed by atoms with E-state index in [1.54, 1.807) is 0 Å².